The summed E-state index contributed by atoms with van der Waals surface area (Å²) < 4.78 is 67.3. The summed E-state index contributed by atoms with van der Waals surface area (Å²) in [6.45, 7) is 7.29. The van der Waals surface area contributed by atoms with Crippen LogP contribution in [0.5, 0.6) is 0 Å². The van der Waals surface area contributed by atoms with Crippen LogP contribution in [0.15, 0.2) is 45.8 Å². The Kier molecular flexibility index (Phi) is 28.1. The van der Waals surface area contributed by atoms with Gasteiger partial charge in [0.05, 0.1) is 123 Å². The molecule has 0 saturated carbocycles. The standard InChI is InChI=1S/C44H67N7O17S/c1-3-13-51(68-4-2)44(58)35-30-34-5-6-36(32-37(34)48-38(45)31-35)69(59,60)47-12-19-64-25-26-65-20-14-49(15-21-66-27-29-67-28-23-62-17-10-43(56)57)40(53)9-16-61-22-24-63-18-11-46-39(52)33-50-41(54)7-8-42(50)55/h5-8,30,32,47H,3-4,9-29,31,33H2,1-2H3,(H2,45,48)(H,46,52)(H,56,57). The number of ether oxygens (including phenoxy) is 7. The van der Waals surface area contributed by atoms with Gasteiger partial charge in [-0.3, -0.25) is 38.5 Å². The molecule has 1 aromatic carbocycles. The van der Waals surface area contributed by atoms with E-state index in [-0.39, 0.29) is 167 Å². The Balaban J connectivity index is 1.35. The summed E-state index contributed by atoms with van der Waals surface area (Å²) in [6.07, 6.45) is 4.59. The van der Waals surface area contributed by atoms with Crippen molar-refractivity contribution in [3.05, 3.63) is 41.5 Å². The van der Waals surface area contributed by atoms with Gasteiger partial charge in [-0.1, -0.05) is 13.0 Å². The lowest BCUT2D eigenvalue weighted by molar-refractivity contribution is -0.180. The van der Waals surface area contributed by atoms with Gasteiger partial charge in [-0.05, 0) is 31.6 Å². The molecule has 0 fully saturated rings. The highest BCUT2D eigenvalue weighted by Crippen LogP contribution is 2.30. The van der Waals surface area contributed by atoms with Gasteiger partial charge >= 0.3 is 5.97 Å². The molecule has 0 spiro atoms. The molecule has 1 aromatic rings. The first-order chi connectivity index (χ1) is 33.2. The summed E-state index contributed by atoms with van der Waals surface area (Å²) in [6, 6.07) is 4.38. The van der Waals surface area contributed by atoms with Crippen LogP contribution in [-0.4, -0.2) is 208 Å². The monoisotopic (exact) mass is 997 g/mol. The quantitative estimate of drug-likeness (QED) is 0.0377. The van der Waals surface area contributed by atoms with Crippen molar-refractivity contribution in [3.63, 3.8) is 0 Å². The number of hydrogen-bond acceptors (Lipinski definition) is 18. The highest BCUT2D eigenvalue weighted by molar-refractivity contribution is 7.89. The highest BCUT2D eigenvalue weighted by Gasteiger charge is 2.26. The van der Waals surface area contributed by atoms with Crippen molar-refractivity contribution in [1.29, 1.82) is 0 Å². The van der Waals surface area contributed by atoms with Crippen LogP contribution in [0, 0.1) is 0 Å². The van der Waals surface area contributed by atoms with Crippen molar-refractivity contribution < 1.29 is 80.3 Å². The minimum atomic E-state index is -3.96. The number of fused-ring (bicyclic) bond motifs is 1. The van der Waals surface area contributed by atoms with E-state index in [4.69, 9.17) is 48.8 Å². The number of carbonyl (C=O) groups excluding carboxylic acids is 5. The first kappa shape index (κ1) is 58.1. The molecular formula is C44H67N7O17S. The minimum Gasteiger partial charge on any atom is -0.481 e. The number of nitrogens with two attached hydrogens (primary N) is 1. The van der Waals surface area contributed by atoms with E-state index in [0.29, 0.717) is 36.4 Å². The number of aliphatic imine (C=N–C) groups is 1. The molecule has 5 amide bonds. The van der Waals surface area contributed by atoms with E-state index < -0.39 is 33.7 Å². The number of carboxylic acid groups (broad SMARTS) is 1. The van der Waals surface area contributed by atoms with Crippen LogP contribution in [0.3, 0.4) is 0 Å². The highest BCUT2D eigenvalue weighted by atomic mass is 32.2. The number of amidine groups is 1. The zero-order valence-corrected chi connectivity index (χ0v) is 40.2. The van der Waals surface area contributed by atoms with Gasteiger partial charge < -0.3 is 54.2 Å². The average Bonchev–Trinajstić information content (AvgIpc) is 3.51. The van der Waals surface area contributed by atoms with Crippen LogP contribution >= 0.6 is 0 Å². The number of sulfonamides is 1. The lowest BCUT2D eigenvalue weighted by Gasteiger charge is -2.23. The molecule has 0 bridgehead atoms. The van der Waals surface area contributed by atoms with Gasteiger partial charge in [-0.15, -0.1) is 0 Å². The molecule has 24 nitrogen and oxygen atoms in total. The molecule has 2 aliphatic heterocycles. The van der Waals surface area contributed by atoms with Crippen molar-refractivity contribution in [2.45, 2.75) is 44.4 Å². The van der Waals surface area contributed by atoms with Crippen molar-refractivity contribution in [3.8, 4) is 0 Å². The van der Waals surface area contributed by atoms with Crippen molar-refractivity contribution in [2.75, 3.05) is 138 Å². The van der Waals surface area contributed by atoms with Crippen molar-refractivity contribution in [1.82, 2.24) is 24.9 Å². The normalized spacial score (nSPS) is 13.5. The fourth-order valence-corrected chi connectivity index (χ4v) is 7.21. The number of carboxylic acids is 1. The number of carbonyl (C=O) groups is 6. The fourth-order valence-electron chi connectivity index (χ4n) is 6.17. The number of benzene rings is 1. The van der Waals surface area contributed by atoms with E-state index in [0.717, 1.165) is 17.1 Å². The lowest BCUT2D eigenvalue weighted by atomic mass is 10.1. The van der Waals surface area contributed by atoms with Crippen LogP contribution in [0.25, 0.3) is 6.08 Å². The number of hydrogen-bond donors (Lipinski definition) is 4. The molecule has 2 heterocycles. The van der Waals surface area contributed by atoms with E-state index in [1.807, 2.05) is 6.92 Å². The molecule has 0 saturated heterocycles. The van der Waals surface area contributed by atoms with Gasteiger partial charge in [0, 0.05) is 62.4 Å². The molecule has 0 aliphatic carbocycles. The second-order valence-corrected chi connectivity index (χ2v) is 16.7. The Morgan fingerprint density at radius 2 is 1.30 bits per heavy atom. The number of hydroxylamine groups is 2. The molecule has 0 radical (unpaired) electrons. The molecule has 0 unspecified atom stereocenters. The van der Waals surface area contributed by atoms with Gasteiger partial charge in [-0.25, -0.2) is 23.2 Å². The van der Waals surface area contributed by atoms with E-state index >= 15 is 0 Å². The summed E-state index contributed by atoms with van der Waals surface area (Å²) >= 11 is 0. The van der Waals surface area contributed by atoms with Gasteiger partial charge in [0.25, 0.3) is 17.7 Å². The molecule has 2 aliphatic rings. The third kappa shape index (κ3) is 23.3. The van der Waals surface area contributed by atoms with E-state index in [1.165, 1.54) is 17.2 Å². The maximum absolute atomic E-state index is 13.2. The minimum absolute atomic E-state index is 0.0281. The molecule has 0 atom stereocenters. The topological polar surface area (TPSA) is 303 Å². The number of aliphatic carboxylic acids is 1. The fraction of sp³-hybridized carbons (Fsp3) is 0.614. The Labute approximate surface area is 402 Å². The Morgan fingerprint density at radius 1 is 0.754 bits per heavy atom. The number of amides is 5. The largest absolute Gasteiger partial charge is 0.481 e. The van der Waals surface area contributed by atoms with Crippen LogP contribution in [0.1, 0.15) is 45.1 Å². The zero-order chi connectivity index (χ0) is 50.3. The van der Waals surface area contributed by atoms with Gasteiger partial charge in [0.1, 0.15) is 12.4 Å². The third-order valence-corrected chi connectivity index (χ3v) is 11.0. The zero-order valence-electron chi connectivity index (χ0n) is 39.4. The third-order valence-electron chi connectivity index (χ3n) is 9.57. The van der Waals surface area contributed by atoms with E-state index in [1.54, 1.807) is 24.0 Å². The molecule has 0 aromatic heterocycles. The number of rotatable bonds is 39. The summed E-state index contributed by atoms with van der Waals surface area (Å²) in [7, 11) is -3.96. The maximum Gasteiger partial charge on any atom is 0.305 e. The van der Waals surface area contributed by atoms with Gasteiger partial charge in [0.15, 0.2) is 0 Å². The molecule has 3 rings (SSSR count). The van der Waals surface area contributed by atoms with E-state index in [2.05, 4.69) is 15.0 Å². The van der Waals surface area contributed by atoms with Crippen LogP contribution in [0.4, 0.5) is 5.69 Å². The molecule has 386 valence electrons. The van der Waals surface area contributed by atoms with Crippen LogP contribution in [0.2, 0.25) is 0 Å². The van der Waals surface area contributed by atoms with Crippen molar-refractivity contribution in [2.24, 2.45) is 10.7 Å². The Morgan fingerprint density at radius 3 is 1.88 bits per heavy atom. The lowest BCUT2D eigenvalue weighted by Crippen LogP contribution is -2.41. The summed E-state index contributed by atoms with van der Waals surface area (Å²) in [5.41, 5.74) is 7.34. The first-order valence-corrected chi connectivity index (χ1v) is 24.2. The maximum atomic E-state index is 13.2. The smallest absolute Gasteiger partial charge is 0.305 e. The predicted octanol–water partition coefficient (Wildman–Crippen LogP) is -0.218. The van der Waals surface area contributed by atoms with E-state index in [9.17, 15) is 37.2 Å². The average molecular weight is 998 g/mol. The first-order valence-electron chi connectivity index (χ1n) is 22.7. The number of nitrogens with one attached hydrogen (secondary N) is 2. The van der Waals surface area contributed by atoms with Crippen LogP contribution < -0.4 is 15.8 Å². The molecule has 25 heteroatoms. The summed E-state index contributed by atoms with van der Waals surface area (Å²) in [5, 5.41) is 12.5. The SMILES string of the molecule is CCCN(OCC)C(=O)C1=Cc2ccc(S(=O)(=O)NCCOCCOCCN(CCOCCOCCOCCC(=O)O)C(=O)CCOCCOCCNC(=O)CN3C(=O)C=CC3=O)cc2N=C(N)C1. The number of imide groups is 1. The predicted molar refractivity (Wildman–Crippen MR) is 247 cm³/mol. The number of nitrogens with zero attached hydrogens (tertiary/aromatic N) is 4. The molecule has 5 N–H and O–H groups in total. The second kappa shape index (κ2) is 33.3. The second-order valence-electron chi connectivity index (χ2n) is 14.9. The van der Waals surface area contributed by atoms with Crippen molar-refractivity contribution >= 4 is 63.1 Å². The molecular weight excluding hydrogens is 931 g/mol. The van der Waals surface area contributed by atoms with Gasteiger partial charge in [0.2, 0.25) is 21.8 Å². The van der Waals surface area contributed by atoms with Gasteiger partial charge in [-0.2, -0.15) is 0 Å². The Bertz CT molecular complexity index is 1990. The summed E-state index contributed by atoms with van der Waals surface area (Å²) in [5.74, 6) is -2.92. The Hall–Kier alpha value is -5.22. The summed E-state index contributed by atoms with van der Waals surface area (Å²) in [4.78, 5) is 84.3. The molecule has 69 heavy (non-hydrogen) atoms. The van der Waals surface area contributed by atoms with Crippen LogP contribution in [-0.2, 0) is 76.8 Å².